The Kier molecular flexibility index (Phi) is 6.06. The fourth-order valence-electron chi connectivity index (χ4n) is 2.80. The second kappa shape index (κ2) is 8.24. The number of allylic oxidation sites excluding steroid dienone is 1. The van der Waals surface area contributed by atoms with Crippen molar-refractivity contribution in [3.05, 3.63) is 57.4 Å². The van der Waals surface area contributed by atoms with Crippen LogP contribution in [0.3, 0.4) is 0 Å². The topological polar surface area (TPSA) is 86.7 Å². The Hall–Kier alpha value is -3.22. The van der Waals surface area contributed by atoms with Gasteiger partial charge in [-0.15, -0.1) is 0 Å². The van der Waals surface area contributed by atoms with Crippen molar-refractivity contribution >= 4 is 34.7 Å². The molecule has 26 heavy (non-hydrogen) atoms. The van der Waals surface area contributed by atoms with Gasteiger partial charge in [-0.05, 0) is 44.5 Å². The van der Waals surface area contributed by atoms with Crippen LogP contribution in [0.4, 0.5) is 0 Å². The van der Waals surface area contributed by atoms with Crippen LogP contribution in [0.2, 0.25) is 0 Å². The highest BCUT2D eigenvalue weighted by molar-refractivity contribution is 6.04. The van der Waals surface area contributed by atoms with Crippen LogP contribution in [0.1, 0.15) is 44.5 Å². The quantitative estimate of drug-likeness (QED) is 0.336. The van der Waals surface area contributed by atoms with E-state index < -0.39 is 10.9 Å². The standard InChI is InChI=1S/C19H21N3O4/c1-5-7-18-16(10-11-22(24)25)17-12-15(13(3)20-26-14(4)23)8-9-19(17)21(18)6-2/h5,7-12H,6H2,1-4H3/b7-5-,11-10+,20-13+. The summed E-state index contributed by atoms with van der Waals surface area (Å²) < 4.78 is 2.09. The molecule has 0 aliphatic heterocycles. The fraction of sp³-hybridized carbons (Fsp3) is 0.263. The van der Waals surface area contributed by atoms with E-state index in [9.17, 15) is 14.9 Å². The molecule has 0 spiro atoms. The Bertz CT molecular complexity index is 936. The maximum atomic E-state index is 10.9. The summed E-state index contributed by atoms with van der Waals surface area (Å²) in [6, 6.07) is 5.73. The maximum absolute atomic E-state index is 10.9. The SMILES string of the molecule is C/C=C\c1c(/C=C/[N+](=O)[O-])c2cc(/C(C)=N/OC(C)=O)ccc2n1CC. The summed E-state index contributed by atoms with van der Waals surface area (Å²) in [5.41, 5.74) is 3.94. The summed E-state index contributed by atoms with van der Waals surface area (Å²) >= 11 is 0. The van der Waals surface area contributed by atoms with Crippen molar-refractivity contribution in [2.24, 2.45) is 5.16 Å². The summed E-state index contributed by atoms with van der Waals surface area (Å²) in [4.78, 5) is 26.0. The highest BCUT2D eigenvalue weighted by atomic mass is 16.7. The summed E-state index contributed by atoms with van der Waals surface area (Å²) in [5, 5.41) is 15.5. The zero-order valence-corrected chi connectivity index (χ0v) is 15.2. The number of fused-ring (bicyclic) bond motifs is 1. The third-order valence-electron chi connectivity index (χ3n) is 3.88. The van der Waals surface area contributed by atoms with Crippen molar-refractivity contribution in [1.29, 1.82) is 0 Å². The number of rotatable bonds is 6. The second-order valence-corrected chi connectivity index (χ2v) is 5.64. The van der Waals surface area contributed by atoms with Crippen molar-refractivity contribution in [2.45, 2.75) is 34.2 Å². The van der Waals surface area contributed by atoms with Crippen LogP contribution in [0.25, 0.3) is 23.1 Å². The molecule has 7 nitrogen and oxygen atoms in total. The maximum Gasteiger partial charge on any atom is 0.331 e. The highest BCUT2D eigenvalue weighted by Crippen LogP contribution is 2.30. The molecule has 0 N–H and O–H groups in total. The lowest BCUT2D eigenvalue weighted by molar-refractivity contribution is -0.400. The molecule has 0 atom stereocenters. The monoisotopic (exact) mass is 355 g/mol. The van der Waals surface area contributed by atoms with E-state index in [0.717, 1.165) is 40.5 Å². The van der Waals surface area contributed by atoms with Crippen LogP contribution >= 0.6 is 0 Å². The van der Waals surface area contributed by atoms with E-state index in [-0.39, 0.29) is 0 Å². The van der Waals surface area contributed by atoms with E-state index in [1.54, 1.807) is 6.92 Å². The average molecular weight is 355 g/mol. The number of benzene rings is 1. The van der Waals surface area contributed by atoms with Gasteiger partial charge in [0.2, 0.25) is 6.20 Å². The lowest BCUT2D eigenvalue weighted by Gasteiger charge is -2.05. The summed E-state index contributed by atoms with van der Waals surface area (Å²) in [7, 11) is 0. The van der Waals surface area contributed by atoms with Gasteiger partial charge in [-0.25, -0.2) is 4.79 Å². The van der Waals surface area contributed by atoms with Crippen molar-refractivity contribution < 1.29 is 14.6 Å². The number of carbonyl (C=O) groups excluding carboxylic acids is 1. The highest BCUT2D eigenvalue weighted by Gasteiger charge is 2.15. The first-order valence-electron chi connectivity index (χ1n) is 8.22. The number of hydrogen-bond donors (Lipinski definition) is 0. The van der Waals surface area contributed by atoms with E-state index >= 15 is 0 Å². The van der Waals surface area contributed by atoms with Crippen molar-refractivity contribution in [3.8, 4) is 0 Å². The molecule has 0 saturated carbocycles. The minimum atomic E-state index is -0.493. The van der Waals surface area contributed by atoms with Crippen molar-refractivity contribution in [1.82, 2.24) is 4.57 Å². The normalized spacial score (nSPS) is 12.4. The van der Waals surface area contributed by atoms with Crippen molar-refractivity contribution in [3.63, 3.8) is 0 Å². The Labute approximate surface area is 151 Å². The number of oxime groups is 1. The van der Waals surface area contributed by atoms with Gasteiger partial charge in [-0.1, -0.05) is 17.3 Å². The number of carbonyl (C=O) groups is 1. The van der Waals surface area contributed by atoms with Gasteiger partial charge in [-0.2, -0.15) is 0 Å². The first-order valence-corrected chi connectivity index (χ1v) is 8.22. The van der Waals surface area contributed by atoms with Gasteiger partial charge in [0.15, 0.2) is 0 Å². The average Bonchev–Trinajstić information content (AvgIpc) is 2.89. The zero-order valence-electron chi connectivity index (χ0n) is 15.2. The molecule has 136 valence electrons. The predicted molar refractivity (Wildman–Crippen MR) is 102 cm³/mol. The van der Waals surface area contributed by atoms with Crippen LogP contribution in [-0.2, 0) is 16.2 Å². The number of aryl methyl sites for hydroxylation is 1. The fourth-order valence-corrected chi connectivity index (χ4v) is 2.80. The summed E-state index contributed by atoms with van der Waals surface area (Å²) in [6.07, 6.45) is 6.28. The molecule has 0 bridgehead atoms. The molecule has 7 heteroatoms. The van der Waals surface area contributed by atoms with Gasteiger partial charge in [0.1, 0.15) is 0 Å². The van der Waals surface area contributed by atoms with E-state index in [4.69, 9.17) is 4.84 Å². The van der Waals surface area contributed by atoms with E-state index in [2.05, 4.69) is 9.72 Å². The smallest absolute Gasteiger partial charge is 0.331 e. The molecular weight excluding hydrogens is 334 g/mol. The van der Waals surface area contributed by atoms with Gasteiger partial charge in [0.05, 0.1) is 10.6 Å². The number of nitrogens with zero attached hydrogens (tertiary/aromatic N) is 3. The largest absolute Gasteiger partial charge is 0.341 e. The van der Waals surface area contributed by atoms with Gasteiger partial charge in [0.25, 0.3) is 0 Å². The van der Waals surface area contributed by atoms with Crippen LogP contribution < -0.4 is 0 Å². The lowest BCUT2D eigenvalue weighted by Crippen LogP contribution is -2.00. The minimum Gasteiger partial charge on any atom is -0.341 e. The van der Waals surface area contributed by atoms with Gasteiger partial charge >= 0.3 is 5.97 Å². The lowest BCUT2D eigenvalue weighted by atomic mass is 10.0. The first kappa shape index (κ1) is 19.1. The molecule has 0 radical (unpaired) electrons. The molecule has 0 fully saturated rings. The third-order valence-corrected chi connectivity index (χ3v) is 3.88. The second-order valence-electron chi connectivity index (χ2n) is 5.64. The molecule has 0 aliphatic carbocycles. The molecule has 2 rings (SSSR count). The summed E-state index contributed by atoms with van der Waals surface area (Å²) in [5.74, 6) is -0.493. The Morgan fingerprint density at radius 1 is 1.35 bits per heavy atom. The number of hydrogen-bond acceptors (Lipinski definition) is 5. The molecule has 1 aromatic heterocycles. The van der Waals surface area contributed by atoms with Gasteiger partial charge < -0.3 is 9.40 Å². The Morgan fingerprint density at radius 3 is 2.65 bits per heavy atom. The molecule has 0 aliphatic rings. The minimum absolute atomic E-state index is 0.480. The Balaban J connectivity index is 2.72. The molecule has 0 unspecified atom stereocenters. The van der Waals surface area contributed by atoms with E-state index in [0.29, 0.717) is 5.71 Å². The molecule has 0 amide bonds. The predicted octanol–water partition coefficient (Wildman–Crippen LogP) is 4.23. The van der Waals surface area contributed by atoms with E-state index in [1.165, 1.54) is 13.0 Å². The van der Waals surface area contributed by atoms with Crippen LogP contribution in [0.15, 0.2) is 35.6 Å². The number of nitro groups is 1. The molecule has 2 aromatic rings. The van der Waals surface area contributed by atoms with Crippen molar-refractivity contribution in [2.75, 3.05) is 0 Å². The van der Waals surface area contributed by atoms with Crippen LogP contribution in [0, 0.1) is 10.1 Å². The summed E-state index contributed by atoms with van der Waals surface area (Å²) in [6.45, 7) is 7.67. The Morgan fingerprint density at radius 2 is 2.08 bits per heavy atom. The van der Waals surface area contributed by atoms with Gasteiger partial charge in [-0.3, -0.25) is 10.1 Å². The van der Waals surface area contributed by atoms with Gasteiger partial charge in [0, 0.05) is 41.7 Å². The van der Waals surface area contributed by atoms with Crippen LogP contribution in [-0.4, -0.2) is 21.2 Å². The number of aromatic nitrogens is 1. The molecular formula is C19H21N3O4. The third kappa shape index (κ3) is 4.05. The molecule has 1 aromatic carbocycles. The van der Waals surface area contributed by atoms with E-state index in [1.807, 2.05) is 44.2 Å². The zero-order chi connectivity index (χ0) is 19.3. The first-order chi connectivity index (χ1) is 12.4. The molecule has 1 heterocycles. The molecule has 0 saturated heterocycles. The van der Waals surface area contributed by atoms with Crippen LogP contribution in [0.5, 0.6) is 0 Å².